The number of rotatable bonds is 0. The Hall–Kier alpha value is -1.14. The molecule has 0 aromatic rings. The molecule has 0 bridgehead atoms. The third kappa shape index (κ3) is 5.14. The topological polar surface area (TPSA) is 73.5 Å². The molecule has 1 atom stereocenters. The zero-order valence-electron chi connectivity index (χ0n) is 10.6. The van der Waals surface area contributed by atoms with Crippen LogP contribution in [0, 0.1) is 0 Å². The Labute approximate surface area is 102 Å². The van der Waals surface area contributed by atoms with E-state index in [1.54, 1.807) is 11.9 Å². The zero-order valence-corrected chi connectivity index (χ0v) is 10.6. The van der Waals surface area contributed by atoms with Gasteiger partial charge in [0.15, 0.2) is 0 Å². The van der Waals surface area contributed by atoms with Crippen LogP contribution in [0.3, 0.4) is 0 Å². The number of hydrogen-bond acceptors (Lipinski definition) is 4. The first kappa shape index (κ1) is 13.9. The monoisotopic (exact) mass is 242 g/mol. The van der Waals surface area contributed by atoms with Crippen LogP contribution in [0.4, 0.5) is 0 Å². The molecule has 6 nitrogen and oxygen atoms in total. The molecule has 1 rings (SSSR count). The number of nitrogens with zero attached hydrogens (tertiary/aromatic N) is 1. The highest BCUT2D eigenvalue weighted by Gasteiger charge is 2.18. The average Bonchev–Trinajstić information content (AvgIpc) is 2.30. The molecule has 0 aromatic heterocycles. The van der Waals surface area contributed by atoms with Crippen LogP contribution in [-0.4, -0.2) is 62.5 Å². The van der Waals surface area contributed by atoms with Crippen molar-refractivity contribution >= 4 is 11.8 Å². The van der Waals surface area contributed by atoms with Crippen LogP contribution in [0.2, 0.25) is 0 Å². The Morgan fingerprint density at radius 3 is 2.53 bits per heavy atom. The van der Waals surface area contributed by atoms with Crippen LogP contribution in [0.1, 0.15) is 13.3 Å². The van der Waals surface area contributed by atoms with E-state index in [1.165, 1.54) is 0 Å². The van der Waals surface area contributed by atoms with E-state index >= 15 is 0 Å². The highest BCUT2D eigenvalue weighted by molar-refractivity contribution is 5.96. The van der Waals surface area contributed by atoms with Gasteiger partial charge in [0.2, 0.25) is 11.8 Å². The van der Waals surface area contributed by atoms with Gasteiger partial charge in [0, 0.05) is 45.8 Å². The molecule has 2 amide bonds. The molecule has 98 valence electrons. The van der Waals surface area contributed by atoms with Crippen molar-refractivity contribution in [3.63, 3.8) is 0 Å². The van der Waals surface area contributed by atoms with Gasteiger partial charge in [-0.1, -0.05) is 0 Å². The normalized spacial score (nSPS) is 25.5. The lowest BCUT2D eigenvalue weighted by Gasteiger charge is -2.25. The molecule has 1 fully saturated rings. The molecule has 1 unspecified atom stereocenters. The molecule has 0 radical (unpaired) electrons. The maximum Gasteiger partial charge on any atom is 0.232 e. The van der Waals surface area contributed by atoms with Crippen LogP contribution in [0.25, 0.3) is 0 Å². The Balaban J connectivity index is 2.53. The molecule has 1 saturated heterocycles. The molecule has 0 saturated carbocycles. The summed E-state index contributed by atoms with van der Waals surface area (Å²) in [7, 11) is 1.74. The lowest BCUT2D eigenvalue weighted by Crippen LogP contribution is -2.43. The van der Waals surface area contributed by atoms with Crippen LogP contribution in [0.15, 0.2) is 0 Å². The largest absolute Gasteiger partial charge is 0.354 e. The van der Waals surface area contributed by atoms with Gasteiger partial charge in [-0.25, -0.2) is 0 Å². The van der Waals surface area contributed by atoms with Crippen molar-refractivity contribution < 1.29 is 9.59 Å². The molecule has 17 heavy (non-hydrogen) atoms. The van der Waals surface area contributed by atoms with Gasteiger partial charge in [-0.05, 0) is 6.92 Å². The molecule has 6 heteroatoms. The van der Waals surface area contributed by atoms with E-state index in [2.05, 4.69) is 16.0 Å². The highest BCUT2D eigenvalue weighted by atomic mass is 16.2. The highest BCUT2D eigenvalue weighted by Crippen LogP contribution is 1.98. The second kappa shape index (κ2) is 7.24. The van der Waals surface area contributed by atoms with Crippen molar-refractivity contribution in [3.8, 4) is 0 Å². The van der Waals surface area contributed by atoms with E-state index in [4.69, 9.17) is 0 Å². The standard InChI is InChI=1S/C11H22N4O2/c1-9-8-13-4-3-12-5-6-14-10(16)7-11(17)15(9)2/h9,12-13H,3-8H2,1-2H3,(H,14,16). The van der Waals surface area contributed by atoms with Crippen LogP contribution in [0.5, 0.6) is 0 Å². The van der Waals surface area contributed by atoms with E-state index in [0.29, 0.717) is 6.54 Å². The maximum atomic E-state index is 11.8. The fourth-order valence-corrected chi connectivity index (χ4v) is 1.61. The Bertz CT molecular complexity index is 270. The third-order valence-corrected chi connectivity index (χ3v) is 2.91. The number of hydrogen-bond donors (Lipinski definition) is 3. The zero-order chi connectivity index (χ0) is 12.7. The second-order valence-electron chi connectivity index (χ2n) is 4.33. The average molecular weight is 242 g/mol. The van der Waals surface area contributed by atoms with Crippen molar-refractivity contribution in [3.05, 3.63) is 0 Å². The summed E-state index contributed by atoms with van der Waals surface area (Å²) in [5.74, 6) is -0.341. The Kier molecular flexibility index (Phi) is 5.93. The molecule has 3 N–H and O–H groups in total. The molecular weight excluding hydrogens is 220 g/mol. The van der Waals surface area contributed by atoms with E-state index in [0.717, 1.165) is 26.2 Å². The van der Waals surface area contributed by atoms with E-state index in [9.17, 15) is 9.59 Å². The number of carbonyl (C=O) groups is 2. The van der Waals surface area contributed by atoms with Crippen molar-refractivity contribution in [2.24, 2.45) is 0 Å². The number of carbonyl (C=O) groups excluding carboxylic acids is 2. The maximum absolute atomic E-state index is 11.8. The summed E-state index contributed by atoms with van der Waals surface area (Å²) in [6, 6.07) is 0.0936. The number of likely N-dealkylation sites (N-methyl/N-ethyl adjacent to an activating group) is 1. The van der Waals surface area contributed by atoms with Crippen molar-refractivity contribution in [2.75, 3.05) is 39.8 Å². The molecule has 0 aromatic carbocycles. The Morgan fingerprint density at radius 1 is 1.12 bits per heavy atom. The van der Waals surface area contributed by atoms with Gasteiger partial charge in [-0.3, -0.25) is 9.59 Å². The second-order valence-corrected chi connectivity index (χ2v) is 4.33. The minimum atomic E-state index is -0.206. The SMILES string of the molecule is CC1CNCCNCCNC(=O)CC(=O)N1C. The van der Waals surface area contributed by atoms with E-state index in [1.807, 2.05) is 6.92 Å². The van der Waals surface area contributed by atoms with Crippen molar-refractivity contribution in [2.45, 2.75) is 19.4 Å². The van der Waals surface area contributed by atoms with Crippen LogP contribution in [-0.2, 0) is 9.59 Å². The van der Waals surface area contributed by atoms with E-state index < -0.39 is 0 Å². The number of amides is 2. The van der Waals surface area contributed by atoms with Gasteiger partial charge in [0.25, 0.3) is 0 Å². The lowest BCUT2D eigenvalue weighted by molar-refractivity contribution is -0.136. The first-order valence-corrected chi connectivity index (χ1v) is 6.05. The predicted molar refractivity (Wildman–Crippen MR) is 65.6 cm³/mol. The summed E-state index contributed by atoms with van der Waals surface area (Å²) >= 11 is 0. The van der Waals surface area contributed by atoms with Crippen molar-refractivity contribution in [1.82, 2.24) is 20.9 Å². The molecule has 0 spiro atoms. The van der Waals surface area contributed by atoms with Gasteiger partial charge in [-0.2, -0.15) is 0 Å². The Morgan fingerprint density at radius 2 is 1.76 bits per heavy atom. The summed E-state index contributed by atoms with van der Waals surface area (Å²) in [4.78, 5) is 24.8. The predicted octanol–water partition coefficient (Wildman–Crippen LogP) is -1.47. The molecule has 1 aliphatic rings. The summed E-state index contributed by atoms with van der Waals surface area (Å²) in [5, 5.41) is 9.20. The summed E-state index contributed by atoms with van der Waals surface area (Å²) in [6.07, 6.45) is -0.0686. The number of nitrogens with one attached hydrogen (secondary N) is 3. The first-order valence-electron chi connectivity index (χ1n) is 6.05. The third-order valence-electron chi connectivity index (χ3n) is 2.91. The minimum absolute atomic E-state index is 0.0686. The van der Waals surface area contributed by atoms with Gasteiger partial charge >= 0.3 is 0 Å². The van der Waals surface area contributed by atoms with Gasteiger partial charge < -0.3 is 20.9 Å². The lowest BCUT2D eigenvalue weighted by atomic mass is 10.2. The summed E-state index contributed by atoms with van der Waals surface area (Å²) < 4.78 is 0. The van der Waals surface area contributed by atoms with Crippen LogP contribution >= 0.6 is 0 Å². The fraction of sp³-hybridized carbons (Fsp3) is 0.818. The summed E-state index contributed by atoms with van der Waals surface area (Å²) in [5.41, 5.74) is 0. The van der Waals surface area contributed by atoms with Gasteiger partial charge in [-0.15, -0.1) is 0 Å². The molecular formula is C11H22N4O2. The summed E-state index contributed by atoms with van der Waals surface area (Å²) in [6.45, 7) is 5.72. The van der Waals surface area contributed by atoms with Gasteiger partial charge in [0.1, 0.15) is 6.42 Å². The minimum Gasteiger partial charge on any atom is -0.354 e. The molecule has 0 aliphatic carbocycles. The molecule has 1 aliphatic heterocycles. The van der Waals surface area contributed by atoms with Gasteiger partial charge in [0.05, 0.1) is 0 Å². The fourth-order valence-electron chi connectivity index (χ4n) is 1.61. The quantitative estimate of drug-likeness (QED) is 0.454. The van der Waals surface area contributed by atoms with Crippen molar-refractivity contribution in [1.29, 1.82) is 0 Å². The smallest absolute Gasteiger partial charge is 0.232 e. The molecule has 1 heterocycles. The van der Waals surface area contributed by atoms with E-state index in [-0.39, 0.29) is 24.3 Å². The first-order chi connectivity index (χ1) is 8.11. The van der Waals surface area contributed by atoms with Crippen LogP contribution < -0.4 is 16.0 Å².